The number of carbonyl (C=O) groups excluding carboxylic acids is 2. The average Bonchev–Trinajstić information content (AvgIpc) is 3.67. The molecule has 4 aromatic rings. The average molecular weight is 539 g/mol. The van der Waals surface area contributed by atoms with Gasteiger partial charge in [-0.25, -0.2) is 10.2 Å². The molecule has 1 aliphatic carbocycles. The molecule has 4 aromatic carbocycles. The predicted molar refractivity (Wildman–Crippen MR) is 143 cm³/mol. The number of nitrogens with one attached hydrogen (secondary N) is 1. The minimum absolute atomic E-state index is 0.129. The smallest absolute Gasteiger partial charge is 0.344 e. The molecule has 0 spiro atoms. The van der Waals surface area contributed by atoms with Crippen molar-refractivity contribution in [2.75, 3.05) is 0 Å². The van der Waals surface area contributed by atoms with Crippen molar-refractivity contribution in [1.29, 1.82) is 0 Å². The van der Waals surface area contributed by atoms with E-state index in [1.54, 1.807) is 42.6 Å². The van der Waals surface area contributed by atoms with Crippen LogP contribution in [0.4, 0.5) is 0 Å². The van der Waals surface area contributed by atoms with Crippen molar-refractivity contribution in [1.82, 2.24) is 5.43 Å². The molecular weight excluding hydrogens is 516 g/mol. The van der Waals surface area contributed by atoms with E-state index in [0.717, 1.165) is 17.5 Å². The number of nitrogens with zero attached hydrogens (tertiary/aromatic N) is 1. The van der Waals surface area contributed by atoms with Crippen LogP contribution in [0.25, 0.3) is 0 Å². The van der Waals surface area contributed by atoms with Crippen molar-refractivity contribution in [3.8, 4) is 5.75 Å². The van der Waals surface area contributed by atoms with Crippen molar-refractivity contribution in [3.05, 3.63) is 136 Å². The summed E-state index contributed by atoms with van der Waals surface area (Å²) in [7, 11) is 0. The van der Waals surface area contributed by atoms with Gasteiger partial charge in [-0.15, -0.1) is 0 Å². The number of benzene rings is 4. The van der Waals surface area contributed by atoms with Gasteiger partial charge < -0.3 is 4.74 Å². The lowest BCUT2D eigenvalue weighted by molar-refractivity contribution is -0.122. The molecule has 1 saturated carbocycles. The van der Waals surface area contributed by atoms with E-state index in [2.05, 4.69) is 50.7 Å². The van der Waals surface area contributed by atoms with E-state index in [4.69, 9.17) is 4.74 Å². The second kappa shape index (κ2) is 10.3. The number of ether oxygens (including phenoxy) is 1. The molecule has 178 valence electrons. The Morgan fingerprint density at radius 2 is 1.50 bits per heavy atom. The van der Waals surface area contributed by atoms with Gasteiger partial charge in [-0.2, -0.15) is 5.10 Å². The summed E-state index contributed by atoms with van der Waals surface area (Å²) < 4.78 is 6.17. The van der Waals surface area contributed by atoms with Gasteiger partial charge in [0.1, 0.15) is 5.75 Å². The number of hydrazone groups is 1. The summed E-state index contributed by atoms with van der Waals surface area (Å²) >= 11 is 3.36. The van der Waals surface area contributed by atoms with Crippen molar-refractivity contribution in [2.24, 2.45) is 11.0 Å². The maximum Gasteiger partial charge on any atom is 0.344 e. The summed E-state index contributed by atoms with van der Waals surface area (Å²) in [6, 6.07) is 34.3. The lowest BCUT2D eigenvalue weighted by Crippen LogP contribution is -2.25. The maximum absolute atomic E-state index is 13.1. The van der Waals surface area contributed by atoms with Crippen LogP contribution < -0.4 is 10.2 Å². The Morgan fingerprint density at radius 1 is 0.861 bits per heavy atom. The molecule has 0 unspecified atom stereocenters. The topological polar surface area (TPSA) is 67.8 Å². The fraction of sp³-hybridized carbons (Fsp3) is 0.100. The van der Waals surface area contributed by atoms with Crippen molar-refractivity contribution in [2.45, 2.75) is 11.8 Å². The highest BCUT2D eigenvalue weighted by Gasteiger charge is 2.60. The number of esters is 1. The number of hydrogen-bond acceptors (Lipinski definition) is 4. The molecule has 6 heteroatoms. The number of rotatable bonds is 7. The number of carbonyl (C=O) groups is 2. The van der Waals surface area contributed by atoms with Crippen LogP contribution in [0, 0.1) is 5.92 Å². The third-order valence-electron chi connectivity index (χ3n) is 6.41. The fourth-order valence-corrected chi connectivity index (χ4v) is 5.00. The zero-order chi connectivity index (χ0) is 25.0. The number of halogens is 1. The first-order chi connectivity index (χ1) is 17.6. The van der Waals surface area contributed by atoms with Crippen molar-refractivity contribution >= 4 is 34.0 Å². The Hall–Kier alpha value is -4.03. The maximum atomic E-state index is 13.1. The molecule has 1 aliphatic rings. The summed E-state index contributed by atoms with van der Waals surface area (Å²) in [6.45, 7) is 0. The van der Waals surface area contributed by atoms with Crippen LogP contribution in [0.2, 0.25) is 0 Å². The Bertz CT molecular complexity index is 1380. The molecule has 0 bridgehead atoms. The van der Waals surface area contributed by atoms with Gasteiger partial charge in [0.05, 0.1) is 17.7 Å². The molecule has 1 fully saturated rings. The second-order valence-electron chi connectivity index (χ2n) is 8.64. The van der Waals surface area contributed by atoms with E-state index in [-0.39, 0.29) is 17.2 Å². The predicted octanol–water partition coefficient (Wildman–Crippen LogP) is 6.12. The second-order valence-corrected chi connectivity index (χ2v) is 9.49. The van der Waals surface area contributed by atoms with Gasteiger partial charge in [0.25, 0.3) is 0 Å². The molecule has 0 aromatic heterocycles. The summed E-state index contributed by atoms with van der Waals surface area (Å²) in [5.41, 5.74) is 5.74. The van der Waals surface area contributed by atoms with E-state index in [1.807, 2.05) is 48.5 Å². The quantitative estimate of drug-likeness (QED) is 0.133. The van der Waals surface area contributed by atoms with Crippen LogP contribution in [-0.4, -0.2) is 18.1 Å². The zero-order valence-electron chi connectivity index (χ0n) is 19.3. The molecule has 1 atom stereocenters. The van der Waals surface area contributed by atoms with Crippen LogP contribution in [0.3, 0.4) is 0 Å². The molecule has 0 aliphatic heterocycles. The highest BCUT2D eigenvalue weighted by atomic mass is 79.9. The Morgan fingerprint density at radius 3 is 2.17 bits per heavy atom. The van der Waals surface area contributed by atoms with Gasteiger partial charge >= 0.3 is 5.97 Å². The first kappa shape index (κ1) is 23.7. The monoisotopic (exact) mass is 538 g/mol. The summed E-state index contributed by atoms with van der Waals surface area (Å²) in [5, 5.41) is 4.18. The molecule has 5 rings (SSSR count). The Balaban J connectivity index is 1.26. The largest absolute Gasteiger partial charge is 0.423 e. The van der Waals surface area contributed by atoms with Crippen LogP contribution in [-0.2, 0) is 10.2 Å². The summed E-state index contributed by atoms with van der Waals surface area (Å²) in [5.74, 6) is -0.413. The molecular formula is C30H23BrN2O3. The van der Waals surface area contributed by atoms with Gasteiger partial charge in [0.15, 0.2) is 0 Å². The first-order valence-corrected chi connectivity index (χ1v) is 12.4. The minimum atomic E-state index is -0.461. The highest BCUT2D eigenvalue weighted by Crippen LogP contribution is 2.58. The summed E-state index contributed by atoms with van der Waals surface area (Å²) in [6.07, 6.45) is 2.27. The Kier molecular flexibility index (Phi) is 6.78. The third-order valence-corrected chi connectivity index (χ3v) is 7.10. The molecule has 36 heavy (non-hydrogen) atoms. The lowest BCUT2D eigenvalue weighted by atomic mass is 9.85. The normalized spacial score (nSPS) is 15.9. The van der Waals surface area contributed by atoms with E-state index < -0.39 is 5.97 Å². The zero-order valence-corrected chi connectivity index (χ0v) is 20.9. The van der Waals surface area contributed by atoms with Gasteiger partial charge in [-0.05, 0) is 63.3 Å². The van der Waals surface area contributed by atoms with E-state index in [0.29, 0.717) is 21.3 Å². The number of amides is 1. The first-order valence-electron chi connectivity index (χ1n) is 11.6. The summed E-state index contributed by atoms with van der Waals surface area (Å²) in [4.78, 5) is 25.5. The SMILES string of the molecule is O=C(Oc1cccc(/C=N\NC(=O)[C@H]2CC2(c2ccccc2)c2ccccc2)c1)c1ccccc1Br. The molecule has 1 amide bonds. The molecule has 1 N–H and O–H groups in total. The van der Waals surface area contributed by atoms with E-state index in [1.165, 1.54) is 0 Å². The van der Waals surface area contributed by atoms with Crippen molar-refractivity contribution < 1.29 is 14.3 Å². The molecule has 0 saturated heterocycles. The van der Waals surface area contributed by atoms with Crippen molar-refractivity contribution in [3.63, 3.8) is 0 Å². The minimum Gasteiger partial charge on any atom is -0.423 e. The third kappa shape index (κ3) is 4.86. The fourth-order valence-electron chi connectivity index (χ4n) is 4.55. The Labute approximate surface area is 218 Å². The van der Waals surface area contributed by atoms with Crippen LogP contribution >= 0.6 is 15.9 Å². The van der Waals surface area contributed by atoms with Gasteiger partial charge in [-0.3, -0.25) is 4.79 Å². The van der Waals surface area contributed by atoms with Crippen LogP contribution in [0.5, 0.6) is 5.75 Å². The van der Waals surface area contributed by atoms with E-state index >= 15 is 0 Å². The standard InChI is InChI=1S/C30H23BrN2O3/c31-27-17-8-7-16-25(27)29(35)36-24-15-9-10-21(18-24)20-32-33-28(34)26-19-30(26,22-11-3-1-4-12-22)23-13-5-2-6-14-23/h1-18,20,26H,19H2,(H,33,34)/b32-20-/t26-/m1/s1. The van der Waals surface area contributed by atoms with E-state index in [9.17, 15) is 9.59 Å². The van der Waals surface area contributed by atoms with Crippen LogP contribution in [0.15, 0.2) is 119 Å². The van der Waals surface area contributed by atoms with Gasteiger partial charge in [-0.1, -0.05) is 84.9 Å². The lowest BCUT2D eigenvalue weighted by Gasteiger charge is -2.18. The molecule has 0 heterocycles. The highest BCUT2D eigenvalue weighted by molar-refractivity contribution is 9.10. The van der Waals surface area contributed by atoms with Gasteiger partial charge in [0.2, 0.25) is 5.91 Å². The van der Waals surface area contributed by atoms with Gasteiger partial charge in [0, 0.05) is 9.89 Å². The molecule has 5 nitrogen and oxygen atoms in total. The van der Waals surface area contributed by atoms with Crippen LogP contribution in [0.1, 0.15) is 33.5 Å². The molecule has 0 radical (unpaired) electrons. The number of hydrogen-bond donors (Lipinski definition) is 1.